The molecule has 0 N–H and O–H groups in total. The van der Waals surface area contributed by atoms with E-state index < -0.39 is 0 Å². The van der Waals surface area contributed by atoms with Crippen LogP contribution in [0.2, 0.25) is 0 Å². The summed E-state index contributed by atoms with van der Waals surface area (Å²) < 4.78 is 5.74. The van der Waals surface area contributed by atoms with Gasteiger partial charge < -0.3 is 9.64 Å². The van der Waals surface area contributed by atoms with E-state index in [0.29, 0.717) is 31.2 Å². The quantitative estimate of drug-likeness (QED) is 0.451. The highest BCUT2D eigenvalue weighted by atomic mass is 33.1. The zero-order valence-corrected chi connectivity index (χ0v) is 21.0. The van der Waals surface area contributed by atoms with E-state index in [1.807, 2.05) is 66.7 Å². The lowest BCUT2D eigenvalue weighted by atomic mass is 10.1. The van der Waals surface area contributed by atoms with Crippen LogP contribution in [0.3, 0.4) is 0 Å². The molecule has 1 amide bonds. The zero-order valence-electron chi connectivity index (χ0n) is 18.5. The second-order valence-electron chi connectivity index (χ2n) is 6.75. The Kier molecular flexibility index (Phi) is 13.3. The van der Waals surface area contributed by atoms with Gasteiger partial charge in [0.05, 0.1) is 11.8 Å². The number of ketones is 1. The van der Waals surface area contributed by atoms with Gasteiger partial charge in [0.1, 0.15) is 18.1 Å². The molecule has 2 atom stereocenters. The minimum absolute atomic E-state index is 0.00262. The molecule has 30 heavy (non-hydrogen) atoms. The molecule has 1 aromatic carbocycles. The van der Waals surface area contributed by atoms with Gasteiger partial charge in [-0.25, -0.2) is 0 Å². The summed E-state index contributed by atoms with van der Waals surface area (Å²) in [5.74, 6) is 2.03. The van der Waals surface area contributed by atoms with Crippen molar-refractivity contribution in [3.63, 3.8) is 0 Å². The minimum atomic E-state index is -0.347. The summed E-state index contributed by atoms with van der Waals surface area (Å²) in [5, 5.41) is 0.0397. The van der Waals surface area contributed by atoms with Crippen LogP contribution in [-0.2, 0) is 20.8 Å². The molecule has 1 aromatic rings. The summed E-state index contributed by atoms with van der Waals surface area (Å²) in [6.07, 6.45) is 2.22. The number of carbonyl (C=O) groups excluding carboxylic acids is 3. The summed E-state index contributed by atoms with van der Waals surface area (Å²) in [7, 11) is 5.48. The van der Waals surface area contributed by atoms with Crippen molar-refractivity contribution in [3.8, 4) is 5.75 Å². The Balaban J connectivity index is 0.00000218. The number of nitrogens with zero attached hydrogens (tertiary/aromatic N) is 1. The van der Waals surface area contributed by atoms with Gasteiger partial charge in [-0.2, -0.15) is 0 Å². The summed E-state index contributed by atoms with van der Waals surface area (Å²) in [6, 6.07) is 7.55. The first-order valence-corrected chi connectivity index (χ1v) is 13.5. The Morgan fingerprint density at radius 3 is 2.40 bits per heavy atom. The van der Waals surface area contributed by atoms with Crippen LogP contribution < -0.4 is 4.74 Å². The maximum absolute atomic E-state index is 12.2. The summed E-state index contributed by atoms with van der Waals surface area (Å²) in [5.41, 5.74) is 0.987. The van der Waals surface area contributed by atoms with Crippen molar-refractivity contribution in [2.45, 2.75) is 57.5 Å². The minimum Gasteiger partial charge on any atom is -0.492 e. The number of likely N-dealkylation sites (N-methyl/N-ethyl adjacent to an activating group) is 1. The van der Waals surface area contributed by atoms with Crippen LogP contribution in [0, 0.1) is 0 Å². The molecule has 8 heteroatoms. The van der Waals surface area contributed by atoms with E-state index >= 15 is 0 Å². The second kappa shape index (κ2) is 14.8. The first kappa shape index (κ1) is 26.9. The first-order chi connectivity index (χ1) is 14.3. The number of carbonyl (C=O) groups is 3. The summed E-state index contributed by atoms with van der Waals surface area (Å²) >= 11 is 1.08. The molecule has 1 fully saturated rings. The highest BCUT2D eigenvalue weighted by molar-refractivity contribution is 8.77. The maximum atomic E-state index is 12.2. The Morgan fingerprint density at radius 2 is 1.87 bits per heavy atom. The monoisotopic (exact) mass is 471 g/mol. The summed E-state index contributed by atoms with van der Waals surface area (Å²) in [6.45, 7) is 7.97. The third-order valence-electron chi connectivity index (χ3n) is 4.36. The van der Waals surface area contributed by atoms with Crippen LogP contribution in [0.5, 0.6) is 5.75 Å². The standard InChI is InChI=1S/C20H27NO4S3.C2H6/c1-14(22)19(27-15(2)23)12-16-4-6-17(7-5-16)25-10-9-21(3)20(24)13-18-8-11-26-28-18;1-2/h4-7,18-19H,8-13H2,1-3H3;1-2H3. The fraction of sp³-hybridized carbons (Fsp3) is 0.591. The van der Waals surface area contributed by atoms with Gasteiger partial charge in [-0.15, -0.1) is 0 Å². The highest BCUT2D eigenvalue weighted by Gasteiger charge is 2.21. The van der Waals surface area contributed by atoms with E-state index in [9.17, 15) is 14.4 Å². The fourth-order valence-corrected chi connectivity index (χ4v) is 6.42. The molecule has 5 nitrogen and oxygen atoms in total. The van der Waals surface area contributed by atoms with Crippen molar-refractivity contribution in [2.75, 3.05) is 26.0 Å². The Bertz CT molecular complexity index is 675. The van der Waals surface area contributed by atoms with Crippen molar-refractivity contribution < 1.29 is 19.1 Å². The smallest absolute Gasteiger partial charge is 0.223 e. The molecule has 1 aliphatic rings. The molecule has 168 valence electrons. The third-order valence-corrected chi connectivity index (χ3v) is 8.41. The molecular formula is C22H33NO4S3. The van der Waals surface area contributed by atoms with Gasteiger partial charge in [0.15, 0.2) is 5.12 Å². The molecule has 1 heterocycles. The SMILES string of the molecule is CC.CC(=O)SC(Cc1ccc(OCCN(C)C(=O)CC2CCSS2)cc1)C(C)=O. The molecule has 1 saturated heterocycles. The maximum Gasteiger partial charge on any atom is 0.223 e. The van der Waals surface area contributed by atoms with E-state index in [1.165, 1.54) is 13.8 Å². The van der Waals surface area contributed by atoms with Crippen molar-refractivity contribution in [2.24, 2.45) is 0 Å². The van der Waals surface area contributed by atoms with Gasteiger partial charge in [-0.3, -0.25) is 14.4 Å². The van der Waals surface area contributed by atoms with E-state index in [1.54, 1.807) is 4.90 Å². The van der Waals surface area contributed by atoms with Crippen LogP contribution in [0.4, 0.5) is 0 Å². The van der Waals surface area contributed by atoms with Crippen LogP contribution in [0.25, 0.3) is 0 Å². The predicted octanol–water partition coefficient (Wildman–Crippen LogP) is 4.87. The van der Waals surface area contributed by atoms with Crippen LogP contribution in [0.1, 0.15) is 46.1 Å². The van der Waals surface area contributed by atoms with Gasteiger partial charge in [0.2, 0.25) is 5.91 Å². The molecule has 2 unspecified atom stereocenters. The van der Waals surface area contributed by atoms with E-state index in [2.05, 4.69) is 0 Å². The molecule has 0 spiro atoms. The van der Waals surface area contributed by atoms with E-state index in [-0.39, 0.29) is 22.1 Å². The topological polar surface area (TPSA) is 63.7 Å². The number of hydrogen-bond donors (Lipinski definition) is 0. The average Bonchev–Trinajstić information content (AvgIpc) is 3.22. The molecule has 0 saturated carbocycles. The molecule has 0 radical (unpaired) electrons. The lowest BCUT2D eigenvalue weighted by Gasteiger charge is -2.19. The van der Waals surface area contributed by atoms with Crippen LogP contribution in [0.15, 0.2) is 24.3 Å². The van der Waals surface area contributed by atoms with Crippen molar-refractivity contribution >= 4 is 50.2 Å². The Hall–Kier alpha value is -1.12. The van der Waals surface area contributed by atoms with E-state index in [0.717, 1.165) is 35.2 Å². The molecule has 0 aromatic heterocycles. The number of amides is 1. The van der Waals surface area contributed by atoms with Crippen molar-refractivity contribution in [3.05, 3.63) is 29.8 Å². The number of thioether (sulfide) groups is 1. The molecule has 0 bridgehead atoms. The van der Waals surface area contributed by atoms with Crippen LogP contribution >= 0.6 is 33.3 Å². The van der Waals surface area contributed by atoms with Gasteiger partial charge in [-0.1, -0.05) is 59.3 Å². The van der Waals surface area contributed by atoms with Gasteiger partial charge in [0.25, 0.3) is 0 Å². The Morgan fingerprint density at radius 1 is 1.20 bits per heavy atom. The van der Waals surface area contributed by atoms with Gasteiger partial charge >= 0.3 is 0 Å². The number of ether oxygens (including phenoxy) is 1. The largest absolute Gasteiger partial charge is 0.492 e. The highest BCUT2D eigenvalue weighted by Crippen LogP contribution is 2.39. The van der Waals surface area contributed by atoms with E-state index in [4.69, 9.17) is 4.74 Å². The number of hydrogen-bond acceptors (Lipinski definition) is 7. The lowest BCUT2D eigenvalue weighted by molar-refractivity contribution is -0.130. The second-order valence-corrected chi connectivity index (χ2v) is 10.9. The third kappa shape index (κ3) is 10.3. The number of Topliss-reactive ketones (excluding diaryl/α,β-unsaturated/α-hetero) is 1. The first-order valence-electron chi connectivity index (χ1n) is 10.3. The number of rotatable bonds is 10. The van der Waals surface area contributed by atoms with Crippen molar-refractivity contribution in [1.82, 2.24) is 4.90 Å². The molecule has 1 aliphatic heterocycles. The molecule has 0 aliphatic carbocycles. The van der Waals surface area contributed by atoms with Crippen molar-refractivity contribution in [1.29, 1.82) is 0 Å². The molecule has 2 rings (SSSR count). The average molecular weight is 472 g/mol. The lowest BCUT2D eigenvalue weighted by Crippen LogP contribution is -2.32. The normalized spacial score (nSPS) is 16.2. The van der Waals surface area contributed by atoms with Gasteiger partial charge in [-0.05, 0) is 37.5 Å². The number of benzene rings is 1. The van der Waals surface area contributed by atoms with Crippen LogP contribution in [-0.4, -0.2) is 58.2 Å². The Labute approximate surface area is 192 Å². The molecular weight excluding hydrogens is 438 g/mol. The zero-order chi connectivity index (χ0) is 22.5. The summed E-state index contributed by atoms with van der Waals surface area (Å²) in [4.78, 5) is 36.9. The predicted molar refractivity (Wildman–Crippen MR) is 130 cm³/mol. The van der Waals surface area contributed by atoms with Gasteiger partial charge in [0, 0.05) is 31.4 Å². The fourth-order valence-electron chi connectivity index (χ4n) is 2.69.